The normalized spacial score (nSPS) is 26.5. The summed E-state index contributed by atoms with van der Waals surface area (Å²) in [6.07, 6.45) is 5.99. The summed E-state index contributed by atoms with van der Waals surface area (Å²) in [5, 5.41) is 0. The average molecular weight is 322 g/mol. The van der Waals surface area contributed by atoms with Crippen LogP contribution >= 0.6 is 0 Å². The lowest BCUT2D eigenvalue weighted by molar-refractivity contribution is -0.142. The molecule has 0 radical (unpaired) electrons. The number of hydrogen-bond donors (Lipinski definition) is 0. The summed E-state index contributed by atoms with van der Waals surface area (Å²) in [4.78, 5) is 25.9. The van der Waals surface area contributed by atoms with Gasteiger partial charge in [0.05, 0.1) is 11.6 Å². The van der Waals surface area contributed by atoms with Gasteiger partial charge in [-0.05, 0) is 31.4 Å². The van der Waals surface area contributed by atoms with Crippen LogP contribution in [-0.4, -0.2) is 38.9 Å². The van der Waals surface area contributed by atoms with Gasteiger partial charge in [-0.2, -0.15) is 0 Å². The fourth-order valence-electron chi connectivity index (χ4n) is 4.18. The number of amides is 1. The smallest absolute Gasteiger partial charge is 0.225 e. The van der Waals surface area contributed by atoms with Crippen LogP contribution in [-0.2, 0) is 11.3 Å². The molecule has 2 fully saturated rings. The van der Waals surface area contributed by atoms with Gasteiger partial charge in [-0.15, -0.1) is 0 Å². The number of piperidine rings is 1. The van der Waals surface area contributed by atoms with Gasteiger partial charge in [0.15, 0.2) is 0 Å². The Morgan fingerprint density at radius 1 is 1.17 bits per heavy atom. The number of nitrogens with zero attached hydrogens (tertiary/aromatic N) is 4. The minimum absolute atomic E-state index is 0.162. The van der Waals surface area contributed by atoms with Crippen LogP contribution in [0.2, 0.25) is 0 Å². The van der Waals surface area contributed by atoms with Crippen molar-refractivity contribution in [3.8, 4) is 0 Å². The van der Waals surface area contributed by atoms with Gasteiger partial charge in [-0.3, -0.25) is 4.79 Å². The standard InChI is InChI=1S/C19H22N4O/c1-19-10-13-22(18-20-11-5-12-21-18)16(19)8-9-17(24)23(19)14-15-6-3-2-4-7-15/h2-7,11-12,16H,8-10,13-14H2,1H3/t16-,19-/m0/s1. The van der Waals surface area contributed by atoms with Crippen LogP contribution < -0.4 is 4.90 Å². The molecule has 2 saturated heterocycles. The molecule has 1 amide bonds. The summed E-state index contributed by atoms with van der Waals surface area (Å²) in [5.41, 5.74) is 1.02. The molecule has 5 heteroatoms. The van der Waals surface area contributed by atoms with E-state index in [0.29, 0.717) is 13.0 Å². The van der Waals surface area contributed by atoms with E-state index in [2.05, 4.69) is 38.8 Å². The number of fused-ring (bicyclic) bond motifs is 1. The summed E-state index contributed by atoms with van der Waals surface area (Å²) in [7, 11) is 0. The summed E-state index contributed by atoms with van der Waals surface area (Å²) in [5.74, 6) is 1.04. The van der Waals surface area contributed by atoms with Gasteiger partial charge in [-0.25, -0.2) is 9.97 Å². The molecule has 2 aliphatic heterocycles. The topological polar surface area (TPSA) is 49.3 Å². The zero-order chi connectivity index (χ0) is 16.6. The molecule has 5 nitrogen and oxygen atoms in total. The van der Waals surface area contributed by atoms with Gasteiger partial charge >= 0.3 is 0 Å². The van der Waals surface area contributed by atoms with Crippen LogP contribution in [0.5, 0.6) is 0 Å². The second kappa shape index (κ2) is 5.89. The number of aromatic nitrogens is 2. The van der Waals surface area contributed by atoms with Crippen molar-refractivity contribution in [3.05, 3.63) is 54.4 Å². The Labute approximate surface area is 142 Å². The fourth-order valence-corrected chi connectivity index (χ4v) is 4.18. The highest BCUT2D eigenvalue weighted by Gasteiger charge is 2.52. The van der Waals surface area contributed by atoms with Gasteiger partial charge in [0.1, 0.15) is 0 Å². The van der Waals surface area contributed by atoms with E-state index >= 15 is 0 Å². The molecular formula is C19H22N4O. The van der Waals surface area contributed by atoms with E-state index in [9.17, 15) is 4.79 Å². The third-order valence-electron chi connectivity index (χ3n) is 5.49. The van der Waals surface area contributed by atoms with E-state index in [1.807, 2.05) is 24.3 Å². The van der Waals surface area contributed by atoms with E-state index in [1.54, 1.807) is 12.4 Å². The molecule has 2 aromatic rings. The van der Waals surface area contributed by atoms with Crippen molar-refractivity contribution >= 4 is 11.9 Å². The van der Waals surface area contributed by atoms with E-state index in [1.165, 1.54) is 5.56 Å². The Hall–Kier alpha value is -2.43. The first-order valence-electron chi connectivity index (χ1n) is 8.56. The van der Waals surface area contributed by atoms with Gasteiger partial charge in [0.25, 0.3) is 0 Å². The first-order valence-corrected chi connectivity index (χ1v) is 8.56. The zero-order valence-corrected chi connectivity index (χ0v) is 13.9. The fraction of sp³-hybridized carbons (Fsp3) is 0.421. The Balaban J connectivity index is 1.63. The van der Waals surface area contributed by atoms with Gasteiger partial charge in [0.2, 0.25) is 11.9 Å². The third-order valence-corrected chi connectivity index (χ3v) is 5.49. The number of anilines is 1. The number of hydrogen-bond acceptors (Lipinski definition) is 4. The molecule has 2 aliphatic rings. The van der Waals surface area contributed by atoms with Crippen molar-refractivity contribution < 1.29 is 4.79 Å². The highest BCUT2D eigenvalue weighted by atomic mass is 16.2. The van der Waals surface area contributed by atoms with Crippen LogP contribution in [0.4, 0.5) is 5.95 Å². The van der Waals surface area contributed by atoms with Gasteiger partial charge < -0.3 is 9.80 Å². The largest absolute Gasteiger partial charge is 0.335 e. The summed E-state index contributed by atoms with van der Waals surface area (Å²) in [6, 6.07) is 12.4. The Kier molecular flexibility index (Phi) is 3.71. The van der Waals surface area contributed by atoms with E-state index < -0.39 is 0 Å². The average Bonchev–Trinajstić information content (AvgIpc) is 2.97. The van der Waals surface area contributed by atoms with Crippen molar-refractivity contribution in [2.24, 2.45) is 0 Å². The predicted molar refractivity (Wildman–Crippen MR) is 92.4 cm³/mol. The Bertz CT molecular complexity index is 721. The Morgan fingerprint density at radius 3 is 2.67 bits per heavy atom. The second-order valence-electron chi connectivity index (χ2n) is 6.87. The SMILES string of the molecule is C[C@]12CCN(c3ncccn3)[C@H]1CCC(=O)N2Cc1ccccc1. The molecule has 0 spiro atoms. The second-order valence-corrected chi connectivity index (χ2v) is 6.87. The van der Waals surface area contributed by atoms with Crippen molar-refractivity contribution in [2.45, 2.75) is 44.3 Å². The van der Waals surface area contributed by atoms with Crippen molar-refractivity contribution in [1.29, 1.82) is 0 Å². The maximum Gasteiger partial charge on any atom is 0.225 e. The quantitative estimate of drug-likeness (QED) is 0.872. The van der Waals surface area contributed by atoms with Crippen molar-refractivity contribution in [2.75, 3.05) is 11.4 Å². The molecule has 124 valence electrons. The van der Waals surface area contributed by atoms with E-state index in [4.69, 9.17) is 0 Å². The lowest BCUT2D eigenvalue weighted by Gasteiger charge is -2.47. The monoisotopic (exact) mass is 322 g/mol. The highest BCUT2D eigenvalue weighted by Crippen LogP contribution is 2.42. The molecule has 24 heavy (non-hydrogen) atoms. The van der Waals surface area contributed by atoms with Crippen LogP contribution in [0.3, 0.4) is 0 Å². The molecule has 2 atom stereocenters. The minimum Gasteiger partial charge on any atom is -0.335 e. The van der Waals surface area contributed by atoms with Crippen LogP contribution in [0, 0.1) is 0 Å². The van der Waals surface area contributed by atoms with E-state index in [-0.39, 0.29) is 17.5 Å². The number of benzene rings is 1. The van der Waals surface area contributed by atoms with Crippen LogP contribution in [0.1, 0.15) is 31.7 Å². The maximum absolute atomic E-state index is 12.7. The molecule has 1 aromatic carbocycles. The third kappa shape index (κ3) is 2.44. The number of carbonyl (C=O) groups is 1. The molecule has 0 N–H and O–H groups in total. The van der Waals surface area contributed by atoms with E-state index in [0.717, 1.165) is 25.3 Å². The van der Waals surface area contributed by atoms with Crippen molar-refractivity contribution in [1.82, 2.24) is 14.9 Å². The molecule has 0 bridgehead atoms. The number of carbonyl (C=O) groups excluding carboxylic acids is 1. The van der Waals surface area contributed by atoms with Gasteiger partial charge in [0, 0.05) is 31.9 Å². The lowest BCUT2D eigenvalue weighted by Crippen LogP contribution is -2.60. The van der Waals surface area contributed by atoms with Crippen LogP contribution in [0.25, 0.3) is 0 Å². The Morgan fingerprint density at radius 2 is 1.92 bits per heavy atom. The summed E-state index contributed by atoms with van der Waals surface area (Å²) >= 11 is 0. The molecule has 4 rings (SSSR count). The highest BCUT2D eigenvalue weighted by molar-refractivity contribution is 5.79. The maximum atomic E-state index is 12.7. The molecular weight excluding hydrogens is 300 g/mol. The predicted octanol–water partition coefficient (Wildman–Crippen LogP) is 2.64. The number of rotatable bonds is 3. The van der Waals surface area contributed by atoms with Crippen molar-refractivity contribution in [3.63, 3.8) is 0 Å². The molecule has 0 unspecified atom stereocenters. The molecule has 0 aliphatic carbocycles. The molecule has 0 saturated carbocycles. The minimum atomic E-state index is -0.162. The van der Waals surface area contributed by atoms with Crippen LogP contribution in [0.15, 0.2) is 48.8 Å². The molecule has 3 heterocycles. The summed E-state index contributed by atoms with van der Waals surface area (Å²) < 4.78 is 0. The first kappa shape index (κ1) is 15.1. The lowest BCUT2D eigenvalue weighted by atomic mass is 9.83. The number of likely N-dealkylation sites (tertiary alicyclic amines) is 1. The first-order chi connectivity index (χ1) is 11.7. The molecule has 1 aromatic heterocycles. The van der Waals surface area contributed by atoms with Gasteiger partial charge in [-0.1, -0.05) is 30.3 Å². The summed E-state index contributed by atoms with van der Waals surface area (Å²) in [6.45, 7) is 3.79. The zero-order valence-electron chi connectivity index (χ0n) is 13.9.